The van der Waals surface area contributed by atoms with Crippen LogP contribution in [0.25, 0.3) is 0 Å². The van der Waals surface area contributed by atoms with E-state index in [4.69, 9.17) is 4.99 Å². The quantitative estimate of drug-likeness (QED) is 0.858. The number of hydrogen-bond donors (Lipinski definition) is 1. The van der Waals surface area contributed by atoms with Crippen molar-refractivity contribution in [3.8, 4) is 0 Å². The van der Waals surface area contributed by atoms with E-state index in [0.29, 0.717) is 36.3 Å². The number of hydrogen-bond acceptors (Lipinski definition) is 4. The summed E-state index contributed by atoms with van der Waals surface area (Å²) in [6.07, 6.45) is 0.662. The molecule has 0 aromatic heterocycles. The SMILES string of the molecule is Cc1cc(C)c2c(c1)C(=O)C1CN(CC(=O)Nc3ccc(C)c(F)c3)CCC1=N2. The lowest BCUT2D eigenvalue weighted by atomic mass is 9.83. The van der Waals surface area contributed by atoms with E-state index in [9.17, 15) is 14.0 Å². The highest BCUT2D eigenvalue weighted by Crippen LogP contribution is 2.35. The molecule has 1 fully saturated rings. The van der Waals surface area contributed by atoms with Gasteiger partial charge in [0.1, 0.15) is 5.82 Å². The zero-order valence-corrected chi connectivity index (χ0v) is 16.9. The molecule has 1 atom stereocenters. The van der Waals surface area contributed by atoms with Crippen LogP contribution in [0.2, 0.25) is 0 Å². The zero-order valence-electron chi connectivity index (χ0n) is 16.9. The number of piperidine rings is 1. The summed E-state index contributed by atoms with van der Waals surface area (Å²) in [4.78, 5) is 32.3. The number of aliphatic imine (C=N–C) groups is 1. The van der Waals surface area contributed by atoms with E-state index >= 15 is 0 Å². The molecule has 1 unspecified atom stereocenters. The maximum atomic E-state index is 13.7. The Morgan fingerprint density at radius 2 is 2.00 bits per heavy atom. The Morgan fingerprint density at radius 1 is 1.21 bits per heavy atom. The fourth-order valence-electron chi connectivity index (χ4n) is 4.12. The lowest BCUT2D eigenvalue weighted by Gasteiger charge is -2.35. The molecule has 1 N–H and O–H groups in total. The van der Waals surface area contributed by atoms with Crippen molar-refractivity contribution in [2.75, 3.05) is 25.0 Å². The second-order valence-corrected chi connectivity index (χ2v) is 8.00. The van der Waals surface area contributed by atoms with Gasteiger partial charge in [-0.15, -0.1) is 0 Å². The van der Waals surface area contributed by atoms with Gasteiger partial charge in [-0.25, -0.2) is 4.39 Å². The normalized spacial score (nSPS) is 18.7. The molecule has 0 radical (unpaired) electrons. The van der Waals surface area contributed by atoms with E-state index in [1.165, 1.54) is 6.07 Å². The molecule has 29 heavy (non-hydrogen) atoms. The second kappa shape index (κ2) is 7.52. The molecule has 1 amide bonds. The number of ketones is 1. The largest absolute Gasteiger partial charge is 0.325 e. The minimum atomic E-state index is -0.348. The molecule has 0 bridgehead atoms. The summed E-state index contributed by atoms with van der Waals surface area (Å²) in [5.41, 5.74) is 5.42. The number of halogens is 1. The van der Waals surface area contributed by atoms with Crippen LogP contribution in [-0.4, -0.2) is 41.9 Å². The molecule has 0 spiro atoms. The van der Waals surface area contributed by atoms with Crippen molar-refractivity contribution in [3.63, 3.8) is 0 Å². The molecule has 0 saturated carbocycles. The maximum Gasteiger partial charge on any atom is 0.238 e. The average Bonchev–Trinajstić information content (AvgIpc) is 2.66. The lowest BCUT2D eigenvalue weighted by Crippen LogP contribution is -2.47. The van der Waals surface area contributed by atoms with Gasteiger partial charge in [0.15, 0.2) is 5.78 Å². The van der Waals surface area contributed by atoms with Gasteiger partial charge in [0.05, 0.1) is 18.2 Å². The number of nitrogens with zero attached hydrogens (tertiary/aromatic N) is 2. The van der Waals surface area contributed by atoms with E-state index < -0.39 is 0 Å². The summed E-state index contributed by atoms with van der Waals surface area (Å²) < 4.78 is 13.7. The summed E-state index contributed by atoms with van der Waals surface area (Å²) in [6.45, 7) is 6.93. The Balaban J connectivity index is 1.45. The third-order valence-electron chi connectivity index (χ3n) is 5.63. The van der Waals surface area contributed by atoms with Gasteiger partial charge in [-0.05, 0) is 62.1 Å². The van der Waals surface area contributed by atoms with Gasteiger partial charge in [-0.1, -0.05) is 12.1 Å². The molecule has 6 heteroatoms. The summed E-state index contributed by atoms with van der Waals surface area (Å²) in [5.74, 6) is -0.785. The average molecular weight is 393 g/mol. The topological polar surface area (TPSA) is 61.8 Å². The van der Waals surface area contributed by atoms with Crippen molar-refractivity contribution in [1.29, 1.82) is 0 Å². The van der Waals surface area contributed by atoms with E-state index in [0.717, 1.165) is 22.5 Å². The lowest BCUT2D eigenvalue weighted by molar-refractivity contribution is -0.117. The summed E-state index contributed by atoms with van der Waals surface area (Å²) in [5, 5.41) is 2.74. The van der Waals surface area contributed by atoms with Gasteiger partial charge >= 0.3 is 0 Å². The van der Waals surface area contributed by atoms with Crippen molar-refractivity contribution in [1.82, 2.24) is 4.90 Å². The summed E-state index contributed by atoms with van der Waals surface area (Å²) in [6, 6.07) is 8.59. The van der Waals surface area contributed by atoms with E-state index in [2.05, 4.69) is 5.32 Å². The Labute approximate surface area is 169 Å². The number of fused-ring (bicyclic) bond motifs is 2. The molecule has 2 aliphatic rings. The Morgan fingerprint density at radius 3 is 2.76 bits per heavy atom. The molecule has 2 aliphatic heterocycles. The molecule has 1 saturated heterocycles. The highest BCUT2D eigenvalue weighted by Gasteiger charge is 2.36. The minimum Gasteiger partial charge on any atom is -0.325 e. The van der Waals surface area contributed by atoms with Gasteiger partial charge in [0.2, 0.25) is 5.91 Å². The van der Waals surface area contributed by atoms with E-state index in [1.54, 1.807) is 19.1 Å². The summed E-state index contributed by atoms with van der Waals surface area (Å²) in [7, 11) is 0. The number of anilines is 1. The first kappa shape index (κ1) is 19.5. The van der Waals surface area contributed by atoms with Crippen molar-refractivity contribution in [3.05, 3.63) is 58.4 Å². The minimum absolute atomic E-state index is 0.0857. The Kier molecular flexibility index (Phi) is 5.04. The fourth-order valence-corrected chi connectivity index (χ4v) is 4.12. The van der Waals surface area contributed by atoms with Crippen molar-refractivity contribution in [2.24, 2.45) is 10.9 Å². The van der Waals surface area contributed by atoms with Gasteiger partial charge in [-0.2, -0.15) is 0 Å². The number of rotatable bonds is 3. The van der Waals surface area contributed by atoms with Crippen molar-refractivity contribution >= 4 is 28.8 Å². The number of benzene rings is 2. The Hall–Kier alpha value is -2.86. The van der Waals surface area contributed by atoms with Crippen LogP contribution in [0.4, 0.5) is 15.8 Å². The number of aryl methyl sites for hydroxylation is 3. The molecule has 5 nitrogen and oxygen atoms in total. The number of likely N-dealkylation sites (tertiary alicyclic amines) is 1. The zero-order chi connectivity index (χ0) is 20.7. The first-order valence-electron chi connectivity index (χ1n) is 9.83. The van der Waals surface area contributed by atoms with E-state index in [-0.39, 0.29) is 30.0 Å². The van der Waals surface area contributed by atoms with Gasteiger partial charge < -0.3 is 5.32 Å². The van der Waals surface area contributed by atoms with Crippen LogP contribution in [0.1, 0.15) is 33.5 Å². The monoisotopic (exact) mass is 393 g/mol. The van der Waals surface area contributed by atoms with Crippen LogP contribution >= 0.6 is 0 Å². The first-order chi connectivity index (χ1) is 13.8. The van der Waals surface area contributed by atoms with Gasteiger partial charge in [-0.3, -0.25) is 19.5 Å². The number of carbonyl (C=O) groups is 2. The smallest absolute Gasteiger partial charge is 0.238 e. The number of nitrogens with one attached hydrogen (secondary N) is 1. The second-order valence-electron chi connectivity index (χ2n) is 8.00. The molecule has 2 heterocycles. The molecule has 2 aromatic rings. The third kappa shape index (κ3) is 3.85. The van der Waals surface area contributed by atoms with Crippen LogP contribution in [0.15, 0.2) is 35.3 Å². The molecular weight excluding hydrogens is 369 g/mol. The molecule has 4 rings (SSSR count). The van der Waals surface area contributed by atoms with Crippen LogP contribution in [0.3, 0.4) is 0 Å². The van der Waals surface area contributed by atoms with Crippen molar-refractivity contribution in [2.45, 2.75) is 27.2 Å². The number of carbonyl (C=O) groups excluding carboxylic acids is 2. The van der Waals surface area contributed by atoms with Crippen LogP contribution in [0, 0.1) is 32.5 Å². The van der Waals surface area contributed by atoms with E-state index in [1.807, 2.05) is 30.9 Å². The highest BCUT2D eigenvalue weighted by atomic mass is 19.1. The first-order valence-corrected chi connectivity index (χ1v) is 9.83. The molecule has 150 valence electrons. The maximum absolute atomic E-state index is 13.7. The van der Waals surface area contributed by atoms with Gasteiger partial charge in [0.25, 0.3) is 0 Å². The third-order valence-corrected chi connectivity index (χ3v) is 5.63. The highest BCUT2D eigenvalue weighted by molar-refractivity contribution is 6.19. The van der Waals surface area contributed by atoms with Crippen LogP contribution < -0.4 is 5.32 Å². The summed E-state index contributed by atoms with van der Waals surface area (Å²) >= 11 is 0. The van der Waals surface area contributed by atoms with Gasteiger partial charge in [0, 0.05) is 30.1 Å². The standard InChI is InChI=1S/C23H24FN3O2/c1-13-8-15(3)22-17(9-13)23(29)18-11-27(7-6-20(18)26-22)12-21(28)25-16-5-4-14(2)19(24)10-16/h4-5,8-10,18H,6-7,11-12H2,1-3H3,(H,25,28). The number of amides is 1. The molecule has 2 aromatic carbocycles. The predicted molar refractivity (Wildman–Crippen MR) is 112 cm³/mol. The predicted octanol–water partition coefficient (Wildman–Crippen LogP) is 3.98. The van der Waals surface area contributed by atoms with Crippen LogP contribution in [-0.2, 0) is 4.79 Å². The fraction of sp³-hybridized carbons (Fsp3) is 0.348. The molecular formula is C23H24FN3O2. The number of Topliss-reactive ketones (excluding diaryl/α,β-unsaturated/α-hetero) is 1. The van der Waals surface area contributed by atoms with Crippen molar-refractivity contribution < 1.29 is 14.0 Å². The Bertz CT molecular complexity index is 1040. The molecule has 0 aliphatic carbocycles. The van der Waals surface area contributed by atoms with Crippen LogP contribution in [0.5, 0.6) is 0 Å².